The Balaban J connectivity index is 1.93. The molecule has 1 aliphatic rings. The smallest absolute Gasteiger partial charge is 0.254 e. The molecule has 27 heavy (non-hydrogen) atoms. The second-order valence-electron chi connectivity index (χ2n) is 6.23. The number of hydrogen-bond acceptors (Lipinski definition) is 3. The number of rotatable bonds is 3. The number of nitrogens with one attached hydrogen (secondary N) is 1. The molecule has 0 bridgehead atoms. The van der Waals surface area contributed by atoms with Crippen molar-refractivity contribution in [1.82, 2.24) is 14.9 Å². The fourth-order valence-corrected chi connectivity index (χ4v) is 4.29. The van der Waals surface area contributed by atoms with E-state index in [1.165, 1.54) is 12.1 Å². The van der Waals surface area contributed by atoms with Crippen molar-refractivity contribution in [2.24, 2.45) is 0 Å². The minimum Gasteiger partial charge on any atom is -0.352 e. The van der Waals surface area contributed by atoms with Crippen molar-refractivity contribution in [2.45, 2.75) is 13.0 Å². The van der Waals surface area contributed by atoms with Crippen LogP contribution in [0.25, 0.3) is 11.3 Å². The van der Waals surface area contributed by atoms with Gasteiger partial charge in [-0.3, -0.25) is 9.78 Å². The number of carbonyl (C=O) groups is 1. The second-order valence-corrected chi connectivity index (χ2v) is 7.02. The quantitative estimate of drug-likeness (QED) is 0.697. The minimum absolute atomic E-state index is 0.128. The summed E-state index contributed by atoms with van der Waals surface area (Å²) in [6, 6.07) is 10.00. The molecular formula is C20H14BrFN4O. The molecule has 3 aromatic rings. The van der Waals surface area contributed by atoms with E-state index in [1.807, 2.05) is 16.7 Å². The summed E-state index contributed by atoms with van der Waals surface area (Å²) in [7, 11) is 0. The standard InChI is InChI=1S/C20H14BrFN4O/c21-18-17-16(5-8-25-20(17)27)26(19(18)12-3-6-24-7-4-12)11-13-1-2-15(22)9-14(13)10-23/h1-4,6-7,9H,5,8,11H2,(H,25,27). The van der Waals surface area contributed by atoms with Crippen molar-refractivity contribution in [2.75, 3.05) is 6.54 Å². The van der Waals surface area contributed by atoms with Crippen LogP contribution in [-0.2, 0) is 13.0 Å². The van der Waals surface area contributed by atoms with Crippen LogP contribution in [0.3, 0.4) is 0 Å². The lowest BCUT2D eigenvalue weighted by atomic mass is 10.1. The molecule has 0 fully saturated rings. The molecule has 134 valence electrons. The first-order valence-corrected chi connectivity index (χ1v) is 9.17. The van der Waals surface area contributed by atoms with Gasteiger partial charge in [0.15, 0.2) is 0 Å². The van der Waals surface area contributed by atoms with Gasteiger partial charge in [0.05, 0.1) is 27.4 Å². The number of halogens is 2. The Morgan fingerprint density at radius 3 is 2.81 bits per heavy atom. The predicted molar refractivity (Wildman–Crippen MR) is 102 cm³/mol. The second kappa shape index (κ2) is 6.97. The van der Waals surface area contributed by atoms with Gasteiger partial charge in [-0.05, 0) is 45.8 Å². The van der Waals surface area contributed by atoms with E-state index in [0.717, 1.165) is 17.0 Å². The third-order valence-corrected chi connectivity index (χ3v) is 5.43. The Bertz CT molecular complexity index is 1090. The van der Waals surface area contributed by atoms with Crippen molar-refractivity contribution in [3.63, 3.8) is 0 Å². The molecule has 2 aromatic heterocycles. The summed E-state index contributed by atoms with van der Waals surface area (Å²) < 4.78 is 16.3. The van der Waals surface area contributed by atoms with Crippen LogP contribution in [0.15, 0.2) is 47.2 Å². The Morgan fingerprint density at radius 2 is 2.07 bits per heavy atom. The molecule has 7 heteroatoms. The molecule has 1 N–H and O–H groups in total. The van der Waals surface area contributed by atoms with Gasteiger partial charge < -0.3 is 9.88 Å². The van der Waals surface area contributed by atoms with E-state index in [2.05, 4.69) is 32.3 Å². The van der Waals surface area contributed by atoms with Crippen LogP contribution < -0.4 is 5.32 Å². The van der Waals surface area contributed by atoms with Gasteiger partial charge in [-0.1, -0.05) is 6.07 Å². The zero-order valence-corrected chi connectivity index (χ0v) is 15.8. The van der Waals surface area contributed by atoms with Crippen LogP contribution in [-0.4, -0.2) is 22.0 Å². The molecule has 0 aliphatic carbocycles. The van der Waals surface area contributed by atoms with Crippen molar-refractivity contribution < 1.29 is 9.18 Å². The fraction of sp³-hybridized carbons (Fsp3) is 0.150. The molecule has 1 aliphatic heterocycles. The van der Waals surface area contributed by atoms with E-state index < -0.39 is 5.82 Å². The lowest BCUT2D eigenvalue weighted by Crippen LogP contribution is -2.32. The molecule has 0 unspecified atom stereocenters. The summed E-state index contributed by atoms with van der Waals surface area (Å²) >= 11 is 3.60. The first-order valence-electron chi connectivity index (χ1n) is 8.38. The van der Waals surface area contributed by atoms with Gasteiger partial charge in [0, 0.05) is 43.2 Å². The Kier molecular flexibility index (Phi) is 4.50. The van der Waals surface area contributed by atoms with Crippen molar-refractivity contribution in [3.8, 4) is 17.3 Å². The van der Waals surface area contributed by atoms with Crippen LogP contribution in [0.4, 0.5) is 4.39 Å². The number of nitriles is 1. The molecule has 0 radical (unpaired) electrons. The molecule has 0 spiro atoms. The largest absolute Gasteiger partial charge is 0.352 e. The highest BCUT2D eigenvalue weighted by molar-refractivity contribution is 9.10. The summed E-state index contributed by atoms with van der Waals surface area (Å²) in [5, 5.41) is 12.3. The van der Waals surface area contributed by atoms with Crippen LogP contribution >= 0.6 is 15.9 Å². The third-order valence-electron chi connectivity index (χ3n) is 4.66. The molecule has 0 atom stereocenters. The SMILES string of the molecule is N#Cc1cc(F)ccc1Cn1c2c(c(Br)c1-c1ccncc1)C(=O)NCC2. The maximum atomic E-state index is 13.5. The molecule has 0 saturated heterocycles. The van der Waals surface area contributed by atoms with Crippen LogP contribution in [0, 0.1) is 17.1 Å². The first kappa shape index (κ1) is 17.4. The number of pyridine rings is 1. The third kappa shape index (κ3) is 3.02. The monoisotopic (exact) mass is 424 g/mol. The maximum Gasteiger partial charge on any atom is 0.254 e. The first-order chi connectivity index (χ1) is 13.1. The number of nitrogens with zero attached hydrogens (tertiary/aromatic N) is 3. The summed E-state index contributed by atoms with van der Waals surface area (Å²) in [5.41, 5.74) is 4.23. The zero-order valence-electron chi connectivity index (χ0n) is 14.2. The Hall–Kier alpha value is -2.98. The van der Waals surface area contributed by atoms with E-state index >= 15 is 0 Å². The van der Waals surface area contributed by atoms with E-state index in [9.17, 15) is 14.4 Å². The maximum absolute atomic E-state index is 13.5. The number of amides is 1. The fourth-order valence-electron chi connectivity index (χ4n) is 3.43. The number of benzene rings is 1. The van der Waals surface area contributed by atoms with Gasteiger partial charge in [0.1, 0.15) is 5.82 Å². The summed E-state index contributed by atoms with van der Waals surface area (Å²) in [4.78, 5) is 16.5. The highest BCUT2D eigenvalue weighted by Crippen LogP contribution is 2.38. The average Bonchev–Trinajstić information content (AvgIpc) is 2.96. The minimum atomic E-state index is -0.445. The van der Waals surface area contributed by atoms with Gasteiger partial charge in [-0.2, -0.15) is 5.26 Å². The zero-order chi connectivity index (χ0) is 19.0. The molecule has 4 rings (SSSR count). The lowest BCUT2D eigenvalue weighted by molar-refractivity contribution is 0.0944. The summed E-state index contributed by atoms with van der Waals surface area (Å²) in [5.74, 6) is -0.573. The van der Waals surface area contributed by atoms with Crippen LogP contribution in [0.5, 0.6) is 0 Å². The van der Waals surface area contributed by atoms with Gasteiger partial charge >= 0.3 is 0 Å². The molecule has 1 aromatic carbocycles. The average molecular weight is 425 g/mol. The van der Waals surface area contributed by atoms with Gasteiger partial charge in [0.2, 0.25) is 0 Å². The summed E-state index contributed by atoms with van der Waals surface area (Å²) in [6.45, 7) is 0.911. The lowest BCUT2D eigenvalue weighted by Gasteiger charge is -2.18. The molecule has 0 saturated carbocycles. The number of hydrogen-bond donors (Lipinski definition) is 1. The topological polar surface area (TPSA) is 70.7 Å². The normalized spacial score (nSPS) is 13.0. The van der Waals surface area contributed by atoms with E-state index in [-0.39, 0.29) is 11.5 Å². The molecule has 1 amide bonds. The van der Waals surface area contributed by atoms with Crippen molar-refractivity contribution in [1.29, 1.82) is 5.26 Å². The van der Waals surface area contributed by atoms with E-state index in [0.29, 0.717) is 35.1 Å². The van der Waals surface area contributed by atoms with Crippen LogP contribution in [0.1, 0.15) is 27.2 Å². The van der Waals surface area contributed by atoms with E-state index in [1.54, 1.807) is 18.5 Å². The molecular weight excluding hydrogens is 411 g/mol. The number of fused-ring (bicyclic) bond motifs is 1. The van der Waals surface area contributed by atoms with Gasteiger partial charge in [-0.15, -0.1) is 0 Å². The Labute approximate surface area is 163 Å². The van der Waals surface area contributed by atoms with E-state index in [4.69, 9.17) is 0 Å². The predicted octanol–water partition coefficient (Wildman–Crippen LogP) is 3.66. The Morgan fingerprint density at radius 1 is 1.30 bits per heavy atom. The van der Waals surface area contributed by atoms with Gasteiger partial charge in [-0.25, -0.2) is 4.39 Å². The highest BCUT2D eigenvalue weighted by Gasteiger charge is 2.29. The number of aromatic nitrogens is 2. The van der Waals surface area contributed by atoms with Crippen LogP contribution in [0.2, 0.25) is 0 Å². The molecule has 3 heterocycles. The highest BCUT2D eigenvalue weighted by atomic mass is 79.9. The number of carbonyl (C=O) groups excluding carboxylic acids is 1. The summed E-state index contributed by atoms with van der Waals surface area (Å²) in [6.07, 6.45) is 4.06. The van der Waals surface area contributed by atoms with Crippen molar-refractivity contribution >= 4 is 21.8 Å². The molecule has 5 nitrogen and oxygen atoms in total. The van der Waals surface area contributed by atoms with Crippen molar-refractivity contribution in [3.05, 3.63) is 75.4 Å². The van der Waals surface area contributed by atoms with Gasteiger partial charge in [0.25, 0.3) is 5.91 Å².